The summed E-state index contributed by atoms with van der Waals surface area (Å²) in [4.78, 5) is 36.2. The Kier molecular flexibility index (Phi) is 6.43. The van der Waals surface area contributed by atoms with E-state index in [1.54, 1.807) is 0 Å². The summed E-state index contributed by atoms with van der Waals surface area (Å²) in [5, 5.41) is 9.56. The van der Waals surface area contributed by atoms with Crippen LogP contribution in [0.1, 0.15) is 33.2 Å². The van der Waals surface area contributed by atoms with Gasteiger partial charge in [-0.05, 0) is 19.8 Å². The average molecular weight is 350 g/mol. The number of thiazole rings is 1. The van der Waals surface area contributed by atoms with Gasteiger partial charge in [0.05, 0.1) is 11.7 Å². The van der Waals surface area contributed by atoms with Gasteiger partial charge in [-0.3, -0.25) is 4.79 Å². The van der Waals surface area contributed by atoms with Gasteiger partial charge in [-0.1, -0.05) is 6.08 Å². The Hall–Kier alpha value is -2.23. The topological polar surface area (TPSA) is 96.4 Å². The number of aliphatic carboxylic acids is 1. The molecule has 0 saturated carbocycles. The lowest BCUT2D eigenvalue weighted by molar-refractivity contribution is -0.137. The number of hydrogen-bond acceptors (Lipinski definition) is 5. The van der Waals surface area contributed by atoms with Gasteiger partial charge in [-0.15, -0.1) is 11.3 Å². The van der Waals surface area contributed by atoms with Gasteiger partial charge in [0.2, 0.25) is 0 Å². The number of hydrogen-bond donors (Lipinski definition) is 2. The number of carboxylic acids is 1. The van der Waals surface area contributed by atoms with Crippen LogP contribution in [0.2, 0.25) is 0 Å². The molecule has 1 atom stereocenters. The van der Waals surface area contributed by atoms with Crippen molar-refractivity contribution in [2.24, 2.45) is 0 Å². The molecule has 0 radical (unpaired) electrons. The van der Waals surface area contributed by atoms with Crippen molar-refractivity contribution >= 4 is 29.5 Å². The molecule has 1 aromatic heterocycles. The van der Waals surface area contributed by atoms with E-state index in [-0.39, 0.29) is 34.7 Å². The highest BCUT2D eigenvalue weighted by atomic mass is 32.1. The first-order valence-corrected chi connectivity index (χ1v) is 7.17. The highest BCUT2D eigenvalue weighted by Gasteiger charge is 2.36. The molecule has 0 bridgehead atoms. The monoisotopic (exact) mass is 350 g/mol. The fourth-order valence-electron chi connectivity index (χ4n) is 1.60. The predicted molar refractivity (Wildman–Crippen MR) is 75.2 cm³/mol. The lowest BCUT2D eigenvalue weighted by Crippen LogP contribution is -2.35. The molecule has 0 aromatic carbocycles. The highest BCUT2D eigenvalue weighted by molar-refractivity contribution is 7.13. The van der Waals surface area contributed by atoms with Crippen LogP contribution in [0.25, 0.3) is 0 Å². The largest absolute Gasteiger partial charge is 0.478 e. The quantitative estimate of drug-likeness (QED) is 0.580. The summed E-state index contributed by atoms with van der Waals surface area (Å²) in [6, 6.07) is -0.934. The lowest BCUT2D eigenvalue weighted by atomic mass is 10.1. The van der Waals surface area contributed by atoms with Crippen LogP contribution in [-0.2, 0) is 15.8 Å². The van der Waals surface area contributed by atoms with Crippen molar-refractivity contribution < 1.29 is 32.7 Å². The van der Waals surface area contributed by atoms with Crippen molar-refractivity contribution in [3.05, 3.63) is 27.7 Å². The SMILES string of the molecule is Cc1nc(C(F)(F)F)sc1C(=O)NC(C=O)CCC=CC(=O)O. The summed E-state index contributed by atoms with van der Waals surface area (Å²) in [6.45, 7) is 1.27. The Bertz CT molecular complexity index is 625. The van der Waals surface area contributed by atoms with Crippen LogP contribution >= 0.6 is 11.3 Å². The average Bonchev–Trinajstić information content (AvgIpc) is 2.84. The van der Waals surface area contributed by atoms with Gasteiger partial charge >= 0.3 is 12.1 Å². The smallest absolute Gasteiger partial charge is 0.443 e. The van der Waals surface area contributed by atoms with Crippen LogP contribution in [0.3, 0.4) is 0 Å². The number of aldehydes is 1. The molecule has 1 rings (SSSR count). The number of amides is 1. The van der Waals surface area contributed by atoms with Gasteiger partial charge in [-0.25, -0.2) is 9.78 Å². The molecule has 1 unspecified atom stereocenters. The van der Waals surface area contributed by atoms with Crippen molar-refractivity contribution in [3.8, 4) is 0 Å². The van der Waals surface area contributed by atoms with E-state index in [1.165, 1.54) is 13.0 Å². The normalized spacial score (nSPS) is 13.0. The third-order valence-electron chi connectivity index (χ3n) is 2.63. The van der Waals surface area contributed by atoms with Gasteiger partial charge < -0.3 is 15.2 Å². The number of rotatable bonds is 7. The number of allylic oxidation sites excluding steroid dienone is 1. The third kappa shape index (κ3) is 5.81. The number of aryl methyl sites for hydroxylation is 1. The molecule has 0 aliphatic heterocycles. The minimum Gasteiger partial charge on any atom is -0.478 e. The van der Waals surface area contributed by atoms with E-state index in [2.05, 4.69) is 10.3 Å². The molecular formula is C13H13F3N2O4S. The van der Waals surface area contributed by atoms with Crippen LogP contribution in [0.15, 0.2) is 12.2 Å². The molecule has 0 spiro atoms. The highest BCUT2D eigenvalue weighted by Crippen LogP contribution is 2.34. The Morgan fingerprint density at radius 1 is 1.43 bits per heavy atom. The van der Waals surface area contributed by atoms with Crippen LogP contribution in [0.5, 0.6) is 0 Å². The predicted octanol–water partition coefficient (Wildman–Crippen LogP) is 2.19. The number of nitrogens with one attached hydrogen (secondary N) is 1. The molecule has 2 N–H and O–H groups in total. The summed E-state index contributed by atoms with van der Waals surface area (Å²) in [6.07, 6.45) is -1.65. The van der Waals surface area contributed by atoms with Crippen molar-refractivity contribution in [1.82, 2.24) is 10.3 Å². The maximum atomic E-state index is 12.5. The molecule has 6 nitrogen and oxygen atoms in total. The Morgan fingerprint density at radius 2 is 2.09 bits per heavy atom. The van der Waals surface area contributed by atoms with Crippen LogP contribution in [0, 0.1) is 6.92 Å². The molecule has 0 aliphatic rings. The van der Waals surface area contributed by atoms with E-state index in [0.29, 0.717) is 6.29 Å². The second-order valence-corrected chi connectivity index (χ2v) is 5.46. The molecule has 10 heteroatoms. The second-order valence-electron chi connectivity index (χ2n) is 4.47. The maximum absolute atomic E-state index is 12.5. The zero-order valence-corrected chi connectivity index (χ0v) is 12.7. The first-order chi connectivity index (χ1) is 10.6. The Labute approximate surface area is 133 Å². The number of carbonyl (C=O) groups is 3. The summed E-state index contributed by atoms with van der Waals surface area (Å²) in [5.41, 5.74) is -0.0738. The molecule has 23 heavy (non-hydrogen) atoms. The zero-order valence-electron chi connectivity index (χ0n) is 11.9. The number of alkyl halides is 3. The Morgan fingerprint density at radius 3 is 2.57 bits per heavy atom. The van der Waals surface area contributed by atoms with Gasteiger partial charge in [0.1, 0.15) is 11.2 Å². The van der Waals surface area contributed by atoms with Crippen molar-refractivity contribution in [1.29, 1.82) is 0 Å². The third-order valence-corrected chi connectivity index (χ3v) is 3.83. The van der Waals surface area contributed by atoms with Crippen molar-refractivity contribution in [2.45, 2.75) is 32.0 Å². The van der Waals surface area contributed by atoms with E-state index in [9.17, 15) is 27.6 Å². The van der Waals surface area contributed by atoms with Crippen molar-refractivity contribution in [2.75, 3.05) is 0 Å². The van der Waals surface area contributed by atoms with Crippen LogP contribution in [-0.4, -0.2) is 34.3 Å². The van der Waals surface area contributed by atoms with E-state index in [1.807, 2.05) is 0 Å². The summed E-state index contributed by atoms with van der Waals surface area (Å²) >= 11 is 0.203. The number of carbonyl (C=O) groups excluding carboxylic acids is 2. The second kappa shape index (κ2) is 7.86. The fourth-order valence-corrected chi connectivity index (χ4v) is 2.43. The number of nitrogens with zero attached hydrogens (tertiary/aromatic N) is 1. The van der Waals surface area contributed by atoms with E-state index < -0.39 is 29.1 Å². The van der Waals surface area contributed by atoms with Gasteiger partial charge in [0.25, 0.3) is 5.91 Å². The van der Waals surface area contributed by atoms with E-state index in [4.69, 9.17) is 5.11 Å². The molecule has 1 amide bonds. The maximum Gasteiger partial charge on any atom is 0.443 e. The molecule has 1 heterocycles. The van der Waals surface area contributed by atoms with Crippen LogP contribution < -0.4 is 5.32 Å². The standard InChI is InChI=1S/C13H13F3N2O4S/c1-7-10(23-12(17-7)13(14,15)16)11(22)18-8(6-19)4-2-3-5-9(20)21/h3,5-6,8H,2,4H2,1H3,(H,18,22)(H,20,21). The molecule has 0 aliphatic carbocycles. The van der Waals surface area contributed by atoms with E-state index in [0.717, 1.165) is 6.08 Å². The van der Waals surface area contributed by atoms with E-state index >= 15 is 0 Å². The fraction of sp³-hybridized carbons (Fsp3) is 0.385. The minimum atomic E-state index is -4.64. The summed E-state index contributed by atoms with van der Waals surface area (Å²) < 4.78 is 37.6. The van der Waals surface area contributed by atoms with Gasteiger partial charge in [0, 0.05) is 6.08 Å². The zero-order chi connectivity index (χ0) is 17.6. The van der Waals surface area contributed by atoms with Gasteiger partial charge in [-0.2, -0.15) is 13.2 Å². The van der Waals surface area contributed by atoms with Gasteiger partial charge in [0.15, 0.2) is 5.01 Å². The molecule has 1 aromatic rings. The molecular weight excluding hydrogens is 337 g/mol. The lowest BCUT2D eigenvalue weighted by Gasteiger charge is -2.10. The summed E-state index contributed by atoms with van der Waals surface area (Å²) in [7, 11) is 0. The molecule has 126 valence electrons. The number of aromatic nitrogens is 1. The first kappa shape index (κ1) is 18.8. The van der Waals surface area contributed by atoms with Crippen LogP contribution in [0.4, 0.5) is 13.2 Å². The molecule has 0 fully saturated rings. The first-order valence-electron chi connectivity index (χ1n) is 6.35. The Balaban J connectivity index is 2.72. The number of carboxylic acid groups (broad SMARTS) is 1. The van der Waals surface area contributed by atoms with Crippen molar-refractivity contribution in [3.63, 3.8) is 0 Å². The molecule has 0 saturated heterocycles. The summed E-state index contributed by atoms with van der Waals surface area (Å²) in [5.74, 6) is -1.97. The minimum absolute atomic E-state index is 0.0738. The number of halogens is 3.